The molecule has 1 aromatic heterocycles. The van der Waals surface area contributed by atoms with Crippen molar-refractivity contribution < 1.29 is 4.79 Å². The van der Waals surface area contributed by atoms with Crippen molar-refractivity contribution in [3.63, 3.8) is 0 Å². The number of carbonyl (C=O) groups is 1. The molecule has 0 aliphatic carbocycles. The van der Waals surface area contributed by atoms with Gasteiger partial charge in [0.25, 0.3) is 0 Å². The lowest BCUT2D eigenvalue weighted by Crippen LogP contribution is -2.49. The van der Waals surface area contributed by atoms with Crippen LogP contribution in [0.1, 0.15) is 16.6 Å². The van der Waals surface area contributed by atoms with Crippen LogP contribution >= 0.6 is 22.9 Å². The minimum atomic E-state index is -0.0446. The van der Waals surface area contributed by atoms with Gasteiger partial charge in [-0.15, -0.1) is 11.3 Å². The Labute approximate surface area is 104 Å². The van der Waals surface area contributed by atoms with Crippen molar-refractivity contribution in [3.05, 3.63) is 21.3 Å². The molecule has 0 saturated carbocycles. The zero-order valence-corrected chi connectivity index (χ0v) is 10.8. The number of rotatable bonds is 3. The maximum absolute atomic E-state index is 12.1. The lowest BCUT2D eigenvalue weighted by Gasteiger charge is -2.31. The summed E-state index contributed by atoms with van der Waals surface area (Å²) in [6.45, 7) is 5.77. The summed E-state index contributed by atoms with van der Waals surface area (Å²) < 4.78 is 0.677. The number of piperazine rings is 1. The summed E-state index contributed by atoms with van der Waals surface area (Å²) in [5.74, 6) is 0.179. The first-order valence-electron chi connectivity index (χ1n) is 5.43. The van der Waals surface area contributed by atoms with Crippen molar-refractivity contribution in [3.8, 4) is 0 Å². The molecule has 1 saturated heterocycles. The second-order valence-corrected chi connectivity index (χ2v) is 5.65. The van der Waals surface area contributed by atoms with Gasteiger partial charge in [0.2, 0.25) is 0 Å². The van der Waals surface area contributed by atoms with Gasteiger partial charge in [-0.25, -0.2) is 0 Å². The summed E-state index contributed by atoms with van der Waals surface area (Å²) in [6.07, 6.45) is 0. The van der Waals surface area contributed by atoms with Crippen LogP contribution < -0.4 is 5.32 Å². The largest absolute Gasteiger partial charge is 0.314 e. The number of hydrogen-bond donors (Lipinski definition) is 1. The van der Waals surface area contributed by atoms with E-state index in [0.717, 1.165) is 31.1 Å². The van der Waals surface area contributed by atoms with E-state index in [1.165, 1.54) is 11.3 Å². The van der Waals surface area contributed by atoms with Gasteiger partial charge >= 0.3 is 0 Å². The normalized spacial score (nSPS) is 19.6. The number of hydrogen-bond acceptors (Lipinski definition) is 4. The van der Waals surface area contributed by atoms with Crippen LogP contribution in [-0.4, -0.2) is 42.9 Å². The number of thiophene rings is 1. The van der Waals surface area contributed by atoms with Gasteiger partial charge in [-0.2, -0.15) is 0 Å². The maximum atomic E-state index is 12.1. The van der Waals surface area contributed by atoms with Crippen LogP contribution in [0.3, 0.4) is 0 Å². The molecule has 0 aromatic carbocycles. The fourth-order valence-electron chi connectivity index (χ4n) is 1.89. The van der Waals surface area contributed by atoms with Crippen molar-refractivity contribution in [2.45, 2.75) is 13.0 Å². The van der Waals surface area contributed by atoms with Crippen LogP contribution in [0.25, 0.3) is 0 Å². The Morgan fingerprint density at radius 1 is 1.50 bits per heavy atom. The predicted octanol–water partition coefficient (Wildman–Crippen LogP) is 1.88. The molecule has 2 rings (SSSR count). The third-order valence-electron chi connectivity index (χ3n) is 2.89. The van der Waals surface area contributed by atoms with Crippen LogP contribution in [0.5, 0.6) is 0 Å². The molecule has 0 bridgehead atoms. The Kier molecular flexibility index (Phi) is 3.97. The van der Waals surface area contributed by atoms with Gasteiger partial charge in [-0.1, -0.05) is 11.6 Å². The molecule has 1 aliphatic heterocycles. The van der Waals surface area contributed by atoms with Crippen LogP contribution in [-0.2, 0) is 0 Å². The molecular formula is C11H15ClN2OS. The Morgan fingerprint density at radius 3 is 2.75 bits per heavy atom. The highest BCUT2D eigenvalue weighted by atomic mass is 35.5. The highest BCUT2D eigenvalue weighted by Gasteiger charge is 2.24. The number of ketones is 1. The average Bonchev–Trinajstić information content (AvgIpc) is 2.75. The zero-order chi connectivity index (χ0) is 11.5. The van der Waals surface area contributed by atoms with E-state index in [2.05, 4.69) is 10.2 Å². The predicted molar refractivity (Wildman–Crippen MR) is 67.6 cm³/mol. The van der Waals surface area contributed by atoms with Gasteiger partial charge in [0.1, 0.15) is 0 Å². The lowest BCUT2D eigenvalue weighted by molar-refractivity contribution is 0.0824. The van der Waals surface area contributed by atoms with Crippen LogP contribution in [0, 0.1) is 0 Å². The minimum absolute atomic E-state index is 0.0446. The molecule has 1 aliphatic rings. The quantitative estimate of drug-likeness (QED) is 0.841. The molecule has 1 unspecified atom stereocenters. The van der Waals surface area contributed by atoms with E-state index in [4.69, 9.17) is 11.6 Å². The van der Waals surface area contributed by atoms with Gasteiger partial charge in [0.15, 0.2) is 5.78 Å². The van der Waals surface area contributed by atoms with Crippen molar-refractivity contribution in [1.82, 2.24) is 10.2 Å². The topological polar surface area (TPSA) is 32.3 Å². The molecule has 0 spiro atoms. The van der Waals surface area contributed by atoms with E-state index >= 15 is 0 Å². The van der Waals surface area contributed by atoms with Gasteiger partial charge in [0, 0.05) is 26.2 Å². The second kappa shape index (κ2) is 5.27. The third-order valence-corrected chi connectivity index (χ3v) is 4.14. The van der Waals surface area contributed by atoms with E-state index in [1.54, 1.807) is 6.07 Å². The van der Waals surface area contributed by atoms with Crippen molar-refractivity contribution in [2.75, 3.05) is 26.2 Å². The fourth-order valence-corrected chi connectivity index (χ4v) is 2.95. The molecule has 5 heteroatoms. The van der Waals surface area contributed by atoms with Crippen LogP contribution in [0.4, 0.5) is 0 Å². The number of Topliss-reactive ketones (excluding diaryl/α,β-unsaturated/α-hetero) is 1. The monoisotopic (exact) mass is 258 g/mol. The van der Waals surface area contributed by atoms with Gasteiger partial charge in [-0.05, 0) is 19.1 Å². The van der Waals surface area contributed by atoms with Crippen molar-refractivity contribution >= 4 is 28.7 Å². The minimum Gasteiger partial charge on any atom is -0.314 e. The number of halogens is 1. The molecule has 16 heavy (non-hydrogen) atoms. The highest BCUT2D eigenvalue weighted by molar-refractivity contribution is 7.18. The smallest absolute Gasteiger partial charge is 0.189 e. The average molecular weight is 259 g/mol. The highest BCUT2D eigenvalue weighted by Crippen LogP contribution is 2.23. The summed E-state index contributed by atoms with van der Waals surface area (Å²) in [4.78, 5) is 15.1. The van der Waals surface area contributed by atoms with Crippen molar-refractivity contribution in [1.29, 1.82) is 0 Å². The number of carbonyl (C=O) groups excluding carboxylic acids is 1. The Morgan fingerprint density at radius 2 is 2.19 bits per heavy atom. The Hall–Kier alpha value is -0.420. The summed E-state index contributed by atoms with van der Waals surface area (Å²) in [7, 11) is 0. The Bertz CT molecular complexity index is 374. The molecule has 1 fully saturated rings. The van der Waals surface area contributed by atoms with Crippen LogP contribution in [0.2, 0.25) is 4.34 Å². The first-order valence-corrected chi connectivity index (χ1v) is 6.62. The molecule has 88 valence electrons. The summed E-state index contributed by atoms with van der Waals surface area (Å²) in [6, 6.07) is 3.55. The number of nitrogens with one attached hydrogen (secondary N) is 1. The second-order valence-electron chi connectivity index (χ2n) is 3.93. The lowest BCUT2D eigenvalue weighted by atomic mass is 10.1. The van der Waals surface area contributed by atoms with E-state index in [-0.39, 0.29) is 11.8 Å². The maximum Gasteiger partial charge on any atom is 0.189 e. The standard InChI is InChI=1S/C11H15ClN2OS/c1-8(14-6-4-13-5-7-14)11(15)9-2-3-10(12)16-9/h2-3,8,13H,4-7H2,1H3. The summed E-state index contributed by atoms with van der Waals surface area (Å²) >= 11 is 7.20. The first kappa shape index (κ1) is 12.0. The van der Waals surface area contributed by atoms with Crippen LogP contribution in [0.15, 0.2) is 12.1 Å². The van der Waals surface area contributed by atoms with Crippen molar-refractivity contribution in [2.24, 2.45) is 0 Å². The molecule has 2 heterocycles. The van der Waals surface area contributed by atoms with Gasteiger partial charge in [0.05, 0.1) is 15.3 Å². The van der Waals surface area contributed by atoms with Gasteiger partial charge < -0.3 is 5.32 Å². The van der Waals surface area contributed by atoms with E-state index in [1.807, 2.05) is 13.0 Å². The van der Waals surface area contributed by atoms with E-state index < -0.39 is 0 Å². The van der Waals surface area contributed by atoms with E-state index in [0.29, 0.717) is 4.34 Å². The SMILES string of the molecule is CC(C(=O)c1ccc(Cl)s1)N1CCNCC1. The first-order chi connectivity index (χ1) is 7.68. The number of nitrogens with zero attached hydrogens (tertiary/aromatic N) is 1. The molecular weight excluding hydrogens is 244 g/mol. The molecule has 1 atom stereocenters. The molecule has 0 radical (unpaired) electrons. The summed E-state index contributed by atoms with van der Waals surface area (Å²) in [5.41, 5.74) is 0. The zero-order valence-electron chi connectivity index (χ0n) is 9.20. The van der Waals surface area contributed by atoms with Gasteiger partial charge in [-0.3, -0.25) is 9.69 Å². The fraction of sp³-hybridized carbons (Fsp3) is 0.545. The summed E-state index contributed by atoms with van der Waals surface area (Å²) in [5, 5.41) is 3.28. The molecule has 1 aromatic rings. The molecule has 3 nitrogen and oxygen atoms in total. The third kappa shape index (κ3) is 2.63. The molecule has 1 N–H and O–H groups in total. The molecule has 0 amide bonds. The Balaban J connectivity index is 2.03. The van der Waals surface area contributed by atoms with E-state index in [9.17, 15) is 4.79 Å².